The van der Waals surface area contributed by atoms with Crippen molar-refractivity contribution in [1.82, 2.24) is 4.31 Å². The van der Waals surface area contributed by atoms with Crippen LogP contribution in [0.1, 0.15) is 20.8 Å². The third-order valence-corrected chi connectivity index (χ3v) is 5.36. The second kappa shape index (κ2) is 6.91. The number of carbonyl (C=O) groups is 1. The van der Waals surface area contributed by atoms with Crippen molar-refractivity contribution in [3.63, 3.8) is 0 Å². The summed E-state index contributed by atoms with van der Waals surface area (Å²) in [4.78, 5) is 10.6. The van der Waals surface area contributed by atoms with Crippen LogP contribution in [0.15, 0.2) is 29.2 Å². The van der Waals surface area contributed by atoms with Crippen molar-refractivity contribution in [2.75, 3.05) is 13.7 Å². The molecule has 0 aliphatic carbocycles. The van der Waals surface area contributed by atoms with Crippen LogP contribution in [0.2, 0.25) is 0 Å². The van der Waals surface area contributed by atoms with Gasteiger partial charge in [-0.25, -0.2) is 13.2 Å². The number of ether oxygens (including phenoxy) is 1. The first kappa shape index (κ1) is 17.5. The maximum atomic E-state index is 12.4. The molecule has 1 unspecified atom stereocenters. The van der Waals surface area contributed by atoms with Gasteiger partial charge in [0, 0.05) is 13.1 Å². The third-order valence-electron chi connectivity index (χ3n) is 3.40. The highest BCUT2D eigenvalue weighted by Crippen LogP contribution is 2.22. The number of hydrogen-bond acceptors (Lipinski definition) is 4. The highest BCUT2D eigenvalue weighted by Gasteiger charge is 2.26. The fourth-order valence-corrected chi connectivity index (χ4v) is 3.15. The lowest BCUT2D eigenvalue weighted by Crippen LogP contribution is -2.38. The first-order chi connectivity index (χ1) is 9.66. The summed E-state index contributed by atoms with van der Waals surface area (Å²) >= 11 is 0. The maximum Gasteiger partial charge on any atom is 0.341 e. The average molecular weight is 315 g/mol. The molecule has 0 saturated heterocycles. The SMILES string of the molecule is CC(C)C(C)N(C)S(=O)(=O)c1ccc(OCC(=O)O)cc1. The van der Waals surface area contributed by atoms with Gasteiger partial charge in [-0.2, -0.15) is 4.31 Å². The van der Waals surface area contributed by atoms with Crippen LogP contribution in [-0.4, -0.2) is 43.5 Å². The number of benzene rings is 1. The van der Waals surface area contributed by atoms with Gasteiger partial charge in [0.2, 0.25) is 10.0 Å². The summed E-state index contributed by atoms with van der Waals surface area (Å²) in [7, 11) is -2.02. The molecule has 0 heterocycles. The van der Waals surface area contributed by atoms with Crippen LogP contribution < -0.4 is 4.74 Å². The van der Waals surface area contributed by atoms with Crippen molar-refractivity contribution in [3.05, 3.63) is 24.3 Å². The monoisotopic (exact) mass is 315 g/mol. The lowest BCUT2D eigenvalue weighted by molar-refractivity contribution is -0.139. The van der Waals surface area contributed by atoms with Crippen molar-refractivity contribution < 1.29 is 23.1 Å². The summed E-state index contributed by atoms with van der Waals surface area (Å²) in [6.07, 6.45) is 0. The molecule has 1 rings (SSSR count). The van der Waals surface area contributed by atoms with Crippen LogP contribution in [0.4, 0.5) is 0 Å². The second-order valence-corrected chi connectivity index (χ2v) is 7.16. The van der Waals surface area contributed by atoms with Gasteiger partial charge in [-0.3, -0.25) is 0 Å². The number of carboxylic acid groups (broad SMARTS) is 1. The normalized spacial score (nSPS) is 13.4. The quantitative estimate of drug-likeness (QED) is 0.829. The van der Waals surface area contributed by atoms with Gasteiger partial charge in [0.15, 0.2) is 6.61 Å². The zero-order valence-electron chi connectivity index (χ0n) is 12.6. The zero-order chi connectivity index (χ0) is 16.2. The summed E-state index contributed by atoms with van der Waals surface area (Å²) in [6.45, 7) is 5.31. The molecule has 0 spiro atoms. The van der Waals surface area contributed by atoms with Gasteiger partial charge in [0.05, 0.1) is 4.90 Å². The minimum absolute atomic E-state index is 0.127. The van der Waals surface area contributed by atoms with Crippen LogP contribution in [-0.2, 0) is 14.8 Å². The minimum atomic E-state index is -3.57. The van der Waals surface area contributed by atoms with E-state index in [1.54, 1.807) is 7.05 Å². The summed E-state index contributed by atoms with van der Waals surface area (Å²) in [6, 6.07) is 5.59. The molecule has 0 radical (unpaired) electrons. The Labute approximate surface area is 125 Å². The highest BCUT2D eigenvalue weighted by molar-refractivity contribution is 7.89. The average Bonchev–Trinajstić information content (AvgIpc) is 2.43. The first-order valence-electron chi connectivity index (χ1n) is 6.59. The van der Waals surface area contributed by atoms with Gasteiger partial charge < -0.3 is 9.84 Å². The molecule has 0 amide bonds. The Morgan fingerprint density at radius 3 is 2.19 bits per heavy atom. The van der Waals surface area contributed by atoms with Gasteiger partial charge in [-0.05, 0) is 37.1 Å². The molecular weight excluding hydrogens is 294 g/mol. The number of nitrogens with zero attached hydrogens (tertiary/aromatic N) is 1. The van der Waals surface area contributed by atoms with Crippen LogP contribution in [0.25, 0.3) is 0 Å². The molecule has 0 aliphatic rings. The predicted molar refractivity (Wildman–Crippen MR) is 78.8 cm³/mol. The Morgan fingerprint density at radius 2 is 1.76 bits per heavy atom. The molecule has 0 bridgehead atoms. The lowest BCUT2D eigenvalue weighted by Gasteiger charge is -2.27. The third kappa shape index (κ3) is 4.44. The van der Waals surface area contributed by atoms with Crippen LogP contribution >= 0.6 is 0 Å². The molecule has 0 aromatic heterocycles. The number of sulfonamides is 1. The Balaban J connectivity index is 2.92. The largest absolute Gasteiger partial charge is 0.482 e. The first-order valence-corrected chi connectivity index (χ1v) is 8.03. The fraction of sp³-hybridized carbons (Fsp3) is 0.500. The van der Waals surface area contributed by atoms with Crippen LogP contribution in [0.5, 0.6) is 5.75 Å². The fourth-order valence-electron chi connectivity index (χ4n) is 1.66. The van der Waals surface area contributed by atoms with Crippen molar-refractivity contribution in [3.8, 4) is 5.75 Å². The van der Waals surface area contributed by atoms with Gasteiger partial charge in [-0.15, -0.1) is 0 Å². The standard InChI is InChI=1S/C14H21NO5S/c1-10(2)11(3)15(4)21(18,19)13-7-5-12(6-8-13)20-9-14(16)17/h5-8,10-11H,9H2,1-4H3,(H,16,17). The lowest BCUT2D eigenvalue weighted by atomic mass is 10.1. The van der Waals surface area contributed by atoms with E-state index in [4.69, 9.17) is 9.84 Å². The molecular formula is C14H21NO5S. The topological polar surface area (TPSA) is 83.9 Å². The van der Waals surface area contributed by atoms with Crippen LogP contribution in [0, 0.1) is 5.92 Å². The Bertz CT molecular complexity index is 580. The van der Waals surface area contributed by atoms with E-state index >= 15 is 0 Å². The Hall–Kier alpha value is -1.60. The molecule has 6 nitrogen and oxygen atoms in total. The van der Waals surface area contributed by atoms with E-state index in [0.717, 1.165) is 0 Å². The van der Waals surface area contributed by atoms with Crippen LogP contribution in [0.3, 0.4) is 0 Å². The molecule has 0 aliphatic heterocycles. The molecule has 1 aromatic carbocycles. The van der Waals surface area contributed by atoms with E-state index < -0.39 is 22.6 Å². The summed E-state index contributed by atoms with van der Waals surface area (Å²) < 4.78 is 31.2. The molecule has 118 valence electrons. The maximum absolute atomic E-state index is 12.4. The Morgan fingerprint density at radius 1 is 1.24 bits per heavy atom. The zero-order valence-corrected chi connectivity index (χ0v) is 13.4. The summed E-state index contributed by atoms with van der Waals surface area (Å²) in [5, 5.41) is 8.52. The number of hydrogen-bond donors (Lipinski definition) is 1. The minimum Gasteiger partial charge on any atom is -0.482 e. The van der Waals surface area contributed by atoms with Crippen molar-refractivity contribution in [1.29, 1.82) is 0 Å². The molecule has 0 saturated carbocycles. The van der Waals surface area contributed by atoms with E-state index in [9.17, 15) is 13.2 Å². The highest BCUT2D eigenvalue weighted by atomic mass is 32.2. The molecule has 1 atom stereocenters. The van der Waals surface area contributed by atoms with E-state index in [-0.39, 0.29) is 16.9 Å². The van der Waals surface area contributed by atoms with E-state index in [2.05, 4.69) is 0 Å². The van der Waals surface area contributed by atoms with Crippen molar-refractivity contribution in [2.45, 2.75) is 31.7 Å². The molecule has 1 aromatic rings. The smallest absolute Gasteiger partial charge is 0.341 e. The summed E-state index contributed by atoms with van der Waals surface area (Å²) in [5.74, 6) is -0.573. The molecule has 1 N–H and O–H groups in total. The molecule has 0 fully saturated rings. The predicted octanol–water partition coefficient (Wildman–Crippen LogP) is 1.81. The van der Waals surface area contributed by atoms with E-state index in [1.165, 1.54) is 28.6 Å². The van der Waals surface area contributed by atoms with E-state index in [1.807, 2.05) is 20.8 Å². The van der Waals surface area contributed by atoms with Gasteiger partial charge in [0.1, 0.15) is 5.75 Å². The van der Waals surface area contributed by atoms with Gasteiger partial charge in [0.25, 0.3) is 0 Å². The number of aliphatic carboxylic acids is 1. The Kier molecular flexibility index (Phi) is 5.74. The second-order valence-electron chi connectivity index (χ2n) is 5.16. The molecule has 7 heteroatoms. The van der Waals surface area contributed by atoms with Crippen molar-refractivity contribution >= 4 is 16.0 Å². The number of rotatable bonds is 7. The van der Waals surface area contributed by atoms with E-state index in [0.29, 0.717) is 5.75 Å². The van der Waals surface area contributed by atoms with Gasteiger partial charge >= 0.3 is 5.97 Å². The number of carboxylic acids is 1. The van der Waals surface area contributed by atoms with Crippen molar-refractivity contribution in [2.24, 2.45) is 5.92 Å². The summed E-state index contributed by atoms with van der Waals surface area (Å²) in [5.41, 5.74) is 0. The molecule has 21 heavy (non-hydrogen) atoms. The van der Waals surface area contributed by atoms with Gasteiger partial charge in [-0.1, -0.05) is 13.8 Å².